The molecule has 0 aliphatic carbocycles. The van der Waals surface area contributed by atoms with Crippen molar-refractivity contribution in [3.05, 3.63) is 16.1 Å². The summed E-state index contributed by atoms with van der Waals surface area (Å²) in [5, 5.41) is 6.90. The van der Waals surface area contributed by atoms with E-state index in [2.05, 4.69) is 67.1 Å². The fourth-order valence-electron chi connectivity index (χ4n) is 2.70. The van der Waals surface area contributed by atoms with Crippen LogP contribution in [0.15, 0.2) is 10.4 Å². The Kier molecular flexibility index (Phi) is 6.90. The van der Waals surface area contributed by atoms with E-state index in [0.717, 1.165) is 25.5 Å². The summed E-state index contributed by atoms with van der Waals surface area (Å²) in [6, 6.07) is 0. The largest absolute Gasteiger partial charge is 0.356 e. The number of nitrogens with one attached hydrogen (secondary N) is 1. The number of hydrogen-bond donors (Lipinski definition) is 1. The summed E-state index contributed by atoms with van der Waals surface area (Å²) in [5.74, 6) is 1.52. The molecule has 0 spiro atoms. The van der Waals surface area contributed by atoms with Gasteiger partial charge >= 0.3 is 0 Å². The highest BCUT2D eigenvalue weighted by Gasteiger charge is 2.53. The van der Waals surface area contributed by atoms with Gasteiger partial charge in [0.05, 0.1) is 10.7 Å². The lowest BCUT2D eigenvalue weighted by Gasteiger charge is -2.62. The van der Waals surface area contributed by atoms with Crippen molar-refractivity contribution in [1.29, 1.82) is 0 Å². The lowest BCUT2D eigenvalue weighted by Crippen LogP contribution is -2.72. The van der Waals surface area contributed by atoms with Crippen molar-refractivity contribution in [1.82, 2.24) is 15.2 Å². The minimum absolute atomic E-state index is 0. The molecule has 1 aromatic rings. The van der Waals surface area contributed by atoms with Crippen molar-refractivity contribution in [2.75, 3.05) is 20.1 Å². The molecule has 1 N–H and O–H groups in total. The first-order valence-electron chi connectivity index (χ1n) is 8.11. The van der Waals surface area contributed by atoms with E-state index in [4.69, 9.17) is 0 Å². The zero-order chi connectivity index (χ0) is 16.5. The van der Waals surface area contributed by atoms with Crippen molar-refractivity contribution in [3.63, 3.8) is 0 Å². The number of thiazole rings is 1. The normalized spacial score (nSPS) is 19.3. The van der Waals surface area contributed by atoms with Gasteiger partial charge in [-0.3, -0.25) is 4.99 Å². The number of rotatable bonds is 4. The van der Waals surface area contributed by atoms with E-state index >= 15 is 0 Å². The first kappa shape index (κ1) is 20.7. The summed E-state index contributed by atoms with van der Waals surface area (Å²) >= 11 is 1.76. The minimum atomic E-state index is 0. The Labute approximate surface area is 162 Å². The van der Waals surface area contributed by atoms with Crippen molar-refractivity contribution in [2.45, 2.75) is 59.4 Å². The van der Waals surface area contributed by atoms with Gasteiger partial charge in [-0.1, -0.05) is 27.7 Å². The second kappa shape index (κ2) is 7.68. The monoisotopic (exact) mass is 450 g/mol. The van der Waals surface area contributed by atoms with E-state index < -0.39 is 0 Å². The van der Waals surface area contributed by atoms with Crippen molar-refractivity contribution >= 4 is 41.3 Å². The molecule has 0 saturated carbocycles. The smallest absolute Gasteiger partial charge is 0.194 e. The Morgan fingerprint density at radius 3 is 2.48 bits per heavy atom. The minimum Gasteiger partial charge on any atom is -0.356 e. The molecular weight excluding hydrogens is 419 g/mol. The summed E-state index contributed by atoms with van der Waals surface area (Å²) in [5.41, 5.74) is 1.64. The number of aromatic nitrogens is 1. The number of guanidine groups is 1. The van der Waals surface area contributed by atoms with Crippen LogP contribution in [0.25, 0.3) is 0 Å². The van der Waals surface area contributed by atoms with Crippen LogP contribution >= 0.6 is 35.3 Å². The molecule has 0 unspecified atom stereocenters. The zero-order valence-electron chi connectivity index (χ0n) is 15.4. The molecule has 1 aliphatic rings. The van der Waals surface area contributed by atoms with Crippen LogP contribution in [0.1, 0.15) is 58.2 Å². The van der Waals surface area contributed by atoms with Crippen LogP contribution in [-0.4, -0.2) is 41.5 Å². The van der Waals surface area contributed by atoms with Gasteiger partial charge in [0, 0.05) is 48.8 Å². The Morgan fingerprint density at radius 2 is 2.04 bits per heavy atom. The molecule has 1 saturated heterocycles. The van der Waals surface area contributed by atoms with Crippen molar-refractivity contribution in [3.8, 4) is 0 Å². The van der Waals surface area contributed by atoms with Crippen molar-refractivity contribution in [2.24, 2.45) is 10.4 Å². The predicted molar refractivity (Wildman–Crippen MR) is 111 cm³/mol. The summed E-state index contributed by atoms with van der Waals surface area (Å²) in [6.07, 6.45) is 0.944. The maximum absolute atomic E-state index is 4.69. The fraction of sp³-hybridized carbons (Fsp3) is 0.765. The molecule has 1 aliphatic heterocycles. The van der Waals surface area contributed by atoms with Crippen LogP contribution in [-0.2, 0) is 6.42 Å². The lowest BCUT2D eigenvalue weighted by atomic mass is 9.65. The predicted octanol–water partition coefficient (Wildman–Crippen LogP) is 4.12. The number of halogens is 1. The second-order valence-corrected chi connectivity index (χ2v) is 8.47. The van der Waals surface area contributed by atoms with Gasteiger partial charge in [-0.15, -0.1) is 35.3 Å². The highest BCUT2D eigenvalue weighted by molar-refractivity contribution is 14.0. The highest BCUT2D eigenvalue weighted by atomic mass is 127. The molecule has 0 aromatic carbocycles. The molecule has 0 amide bonds. The Balaban J connectivity index is 0.00000264. The van der Waals surface area contributed by atoms with Gasteiger partial charge in [-0.05, 0) is 13.8 Å². The molecule has 132 valence electrons. The van der Waals surface area contributed by atoms with Gasteiger partial charge in [0.2, 0.25) is 0 Å². The third-order valence-corrected chi connectivity index (χ3v) is 6.27. The summed E-state index contributed by atoms with van der Waals surface area (Å²) in [6.45, 7) is 15.5. The number of aliphatic imine (C=N–C) groups is 1. The first-order valence-corrected chi connectivity index (χ1v) is 8.99. The fourth-order valence-corrected chi connectivity index (χ4v) is 3.57. The van der Waals surface area contributed by atoms with Gasteiger partial charge in [0.1, 0.15) is 0 Å². The van der Waals surface area contributed by atoms with Crippen LogP contribution in [0.2, 0.25) is 0 Å². The average Bonchev–Trinajstić information content (AvgIpc) is 2.90. The molecule has 2 heterocycles. The molecule has 1 fully saturated rings. The summed E-state index contributed by atoms with van der Waals surface area (Å²) in [7, 11) is 1.86. The van der Waals surface area contributed by atoms with Gasteiger partial charge in [0.15, 0.2) is 5.96 Å². The summed E-state index contributed by atoms with van der Waals surface area (Å²) < 4.78 is 0. The molecule has 0 atom stereocenters. The summed E-state index contributed by atoms with van der Waals surface area (Å²) in [4.78, 5) is 11.5. The van der Waals surface area contributed by atoms with E-state index in [-0.39, 0.29) is 29.5 Å². The average molecular weight is 450 g/mol. The Hall–Kier alpha value is -0.370. The van der Waals surface area contributed by atoms with Gasteiger partial charge < -0.3 is 10.2 Å². The molecular formula is C17H31IN4S. The van der Waals surface area contributed by atoms with Crippen LogP contribution in [0, 0.1) is 5.41 Å². The Bertz CT molecular complexity index is 549. The van der Waals surface area contributed by atoms with Crippen molar-refractivity contribution < 1.29 is 0 Å². The van der Waals surface area contributed by atoms with E-state index in [1.54, 1.807) is 11.3 Å². The third kappa shape index (κ3) is 4.18. The third-order valence-electron chi connectivity index (χ3n) is 5.08. The van der Waals surface area contributed by atoms with Crippen LogP contribution in [0.3, 0.4) is 0 Å². The molecule has 0 radical (unpaired) electrons. The van der Waals surface area contributed by atoms with E-state index in [1.165, 1.54) is 10.7 Å². The molecule has 23 heavy (non-hydrogen) atoms. The topological polar surface area (TPSA) is 40.5 Å². The quantitative estimate of drug-likeness (QED) is 0.426. The first-order chi connectivity index (χ1) is 10.2. The molecule has 6 heteroatoms. The molecule has 1 aromatic heterocycles. The molecule has 2 rings (SSSR count). The molecule has 4 nitrogen and oxygen atoms in total. The van der Waals surface area contributed by atoms with Gasteiger partial charge in [-0.2, -0.15) is 0 Å². The van der Waals surface area contributed by atoms with Crippen LogP contribution in [0.4, 0.5) is 0 Å². The second-order valence-electron chi connectivity index (χ2n) is 7.58. The van der Waals surface area contributed by atoms with E-state index in [9.17, 15) is 0 Å². The Morgan fingerprint density at radius 1 is 1.39 bits per heavy atom. The van der Waals surface area contributed by atoms with Gasteiger partial charge in [-0.25, -0.2) is 4.98 Å². The number of likely N-dealkylation sites (tertiary alicyclic amines) is 1. The van der Waals surface area contributed by atoms with E-state index in [1.807, 2.05) is 7.05 Å². The van der Waals surface area contributed by atoms with Crippen LogP contribution in [0.5, 0.6) is 0 Å². The SMILES string of the molecule is CN=C(NCCc1csc(C(C)C)n1)N1CC(C)(C)C1(C)C.I. The lowest BCUT2D eigenvalue weighted by molar-refractivity contribution is -0.0666. The zero-order valence-corrected chi connectivity index (χ0v) is 18.6. The highest BCUT2D eigenvalue weighted by Crippen LogP contribution is 2.46. The standard InChI is InChI=1S/C17H30N4S.HI/c1-12(2)14-20-13(10-22-14)8-9-19-15(18-7)21-11-16(3,4)17(21,5)6;/h10,12H,8-9,11H2,1-7H3,(H,18,19);1H. The number of nitrogens with zero attached hydrogens (tertiary/aromatic N) is 3. The number of hydrogen-bond acceptors (Lipinski definition) is 3. The molecule has 0 bridgehead atoms. The maximum atomic E-state index is 4.69. The van der Waals surface area contributed by atoms with Crippen LogP contribution < -0.4 is 5.32 Å². The van der Waals surface area contributed by atoms with Gasteiger partial charge in [0.25, 0.3) is 0 Å². The van der Waals surface area contributed by atoms with E-state index in [0.29, 0.717) is 11.3 Å². The maximum Gasteiger partial charge on any atom is 0.194 e.